The van der Waals surface area contributed by atoms with Gasteiger partial charge in [0.25, 0.3) is 0 Å². The van der Waals surface area contributed by atoms with E-state index in [4.69, 9.17) is 0 Å². The van der Waals surface area contributed by atoms with Crippen LogP contribution in [0, 0.1) is 13.8 Å². The first-order valence-corrected chi connectivity index (χ1v) is 6.75. The van der Waals surface area contributed by atoms with Crippen LogP contribution in [0.1, 0.15) is 37.2 Å². The molecule has 0 bridgehead atoms. The molecule has 0 aliphatic heterocycles. The molecule has 0 radical (unpaired) electrons. The monoisotopic (exact) mass is 295 g/mol. The van der Waals surface area contributed by atoms with Crippen LogP contribution in [-0.2, 0) is 6.42 Å². The van der Waals surface area contributed by atoms with Crippen LogP contribution in [0.25, 0.3) is 17.1 Å². The minimum atomic E-state index is 0. The summed E-state index contributed by atoms with van der Waals surface area (Å²) >= 11 is 0. The smallest absolute Gasteiger partial charge is 0.0881 e. The van der Waals surface area contributed by atoms with E-state index in [9.17, 15) is 0 Å². The fourth-order valence-corrected chi connectivity index (χ4v) is 2.40. The lowest BCUT2D eigenvalue weighted by Crippen LogP contribution is -1.88. The molecule has 0 fully saturated rings. The lowest BCUT2D eigenvalue weighted by Gasteiger charge is -1.98. The van der Waals surface area contributed by atoms with Crippen LogP contribution in [-0.4, -0.2) is 15.0 Å². The third kappa shape index (κ3) is 3.42. The molecule has 3 aromatic rings. The Labute approximate surface area is 133 Å². The number of nitrogens with one attached hydrogen (secondary N) is 1. The third-order valence-corrected chi connectivity index (χ3v) is 3.54. The van der Waals surface area contributed by atoms with Crippen molar-refractivity contribution < 1.29 is 0 Å². The molecule has 0 amide bonds. The fraction of sp³-hybridized carbons (Fsp3) is 0.263. The van der Waals surface area contributed by atoms with Gasteiger partial charge in [-0.25, -0.2) is 0 Å². The van der Waals surface area contributed by atoms with E-state index in [1.165, 1.54) is 22.4 Å². The number of aryl methyl sites for hydroxylation is 2. The molecule has 0 spiro atoms. The summed E-state index contributed by atoms with van der Waals surface area (Å²) in [5.74, 6) is 0. The maximum absolute atomic E-state index is 4.26. The Bertz CT molecular complexity index is 769. The Hall–Kier alpha value is -2.42. The average molecular weight is 295 g/mol. The van der Waals surface area contributed by atoms with Gasteiger partial charge in [0.05, 0.1) is 16.7 Å². The van der Waals surface area contributed by atoms with E-state index >= 15 is 0 Å². The SMILES string of the molecule is C.C.Cc1ccnc2c1C=CC2.Cc1ccnc2cc[nH]c12. The molecule has 0 aromatic carbocycles. The maximum atomic E-state index is 4.26. The van der Waals surface area contributed by atoms with Gasteiger partial charge in [-0.1, -0.05) is 27.0 Å². The van der Waals surface area contributed by atoms with Crippen molar-refractivity contribution in [3.05, 3.63) is 65.2 Å². The van der Waals surface area contributed by atoms with Crippen LogP contribution < -0.4 is 0 Å². The molecule has 0 saturated carbocycles. The van der Waals surface area contributed by atoms with E-state index in [1.54, 1.807) is 0 Å². The fourth-order valence-electron chi connectivity index (χ4n) is 2.40. The number of aromatic amines is 1. The summed E-state index contributed by atoms with van der Waals surface area (Å²) in [7, 11) is 0. The van der Waals surface area contributed by atoms with Gasteiger partial charge in [0.2, 0.25) is 0 Å². The second kappa shape index (κ2) is 7.55. The van der Waals surface area contributed by atoms with E-state index in [0.29, 0.717) is 0 Å². The molecule has 0 unspecified atom stereocenters. The predicted molar refractivity (Wildman–Crippen MR) is 96.0 cm³/mol. The summed E-state index contributed by atoms with van der Waals surface area (Å²) in [4.78, 5) is 11.6. The van der Waals surface area contributed by atoms with Crippen molar-refractivity contribution in [3.63, 3.8) is 0 Å². The van der Waals surface area contributed by atoms with Crippen LogP contribution in [0.3, 0.4) is 0 Å². The third-order valence-electron chi connectivity index (χ3n) is 3.54. The number of H-pyrrole nitrogens is 1. The van der Waals surface area contributed by atoms with Crippen LogP contribution >= 0.6 is 0 Å². The zero-order valence-corrected chi connectivity index (χ0v) is 11.7. The molecular weight excluding hydrogens is 270 g/mol. The molecule has 4 rings (SSSR count). The van der Waals surface area contributed by atoms with Crippen molar-refractivity contribution in [2.45, 2.75) is 35.1 Å². The zero-order valence-electron chi connectivity index (χ0n) is 11.7. The van der Waals surface area contributed by atoms with Crippen molar-refractivity contribution in [2.75, 3.05) is 0 Å². The minimum Gasteiger partial charge on any atom is -0.360 e. The first-order valence-electron chi connectivity index (χ1n) is 6.75. The first-order chi connectivity index (χ1) is 9.75. The van der Waals surface area contributed by atoms with Crippen LogP contribution in [0.5, 0.6) is 0 Å². The molecule has 3 heterocycles. The van der Waals surface area contributed by atoms with Gasteiger partial charge in [-0.2, -0.15) is 0 Å². The number of pyridine rings is 2. The second-order valence-corrected chi connectivity index (χ2v) is 4.96. The average Bonchev–Trinajstić information content (AvgIpc) is 3.08. The second-order valence-electron chi connectivity index (χ2n) is 4.96. The quantitative estimate of drug-likeness (QED) is 0.626. The number of nitrogens with zero attached hydrogens (tertiary/aromatic N) is 2. The molecular formula is C19H25N3. The molecule has 1 aliphatic rings. The lowest BCUT2D eigenvalue weighted by atomic mass is 10.1. The molecule has 1 N–H and O–H groups in total. The van der Waals surface area contributed by atoms with Crippen molar-refractivity contribution >= 4 is 17.1 Å². The summed E-state index contributed by atoms with van der Waals surface area (Å²) in [6, 6.07) is 6.02. The van der Waals surface area contributed by atoms with Gasteiger partial charge in [0, 0.05) is 25.0 Å². The molecule has 3 nitrogen and oxygen atoms in total. The normalized spacial score (nSPS) is 11.0. The van der Waals surface area contributed by atoms with Crippen molar-refractivity contribution in [3.8, 4) is 0 Å². The van der Waals surface area contributed by atoms with E-state index in [-0.39, 0.29) is 14.9 Å². The summed E-state index contributed by atoms with van der Waals surface area (Å²) in [5, 5.41) is 0. The Morgan fingerprint density at radius 2 is 1.68 bits per heavy atom. The Morgan fingerprint density at radius 3 is 2.41 bits per heavy atom. The zero-order chi connectivity index (χ0) is 13.9. The molecule has 0 saturated heterocycles. The van der Waals surface area contributed by atoms with Gasteiger partial charge in [0.15, 0.2) is 0 Å². The Balaban J connectivity index is 0.000000202. The van der Waals surface area contributed by atoms with Crippen molar-refractivity contribution in [1.29, 1.82) is 0 Å². The van der Waals surface area contributed by atoms with Gasteiger partial charge >= 0.3 is 0 Å². The summed E-state index contributed by atoms with van der Waals surface area (Å²) in [6.07, 6.45) is 10.9. The lowest BCUT2D eigenvalue weighted by molar-refractivity contribution is 1.11. The van der Waals surface area contributed by atoms with Crippen LogP contribution in [0.15, 0.2) is 42.9 Å². The highest BCUT2D eigenvalue weighted by Gasteiger charge is 2.06. The van der Waals surface area contributed by atoms with E-state index in [0.717, 1.165) is 17.5 Å². The topological polar surface area (TPSA) is 41.6 Å². The molecule has 22 heavy (non-hydrogen) atoms. The van der Waals surface area contributed by atoms with Gasteiger partial charge in [-0.05, 0) is 48.7 Å². The Kier molecular flexibility index (Phi) is 6.05. The van der Waals surface area contributed by atoms with E-state index < -0.39 is 0 Å². The summed E-state index contributed by atoms with van der Waals surface area (Å²) in [6.45, 7) is 4.19. The van der Waals surface area contributed by atoms with Crippen molar-refractivity contribution in [2.24, 2.45) is 0 Å². The molecule has 116 valence electrons. The predicted octanol–water partition coefficient (Wildman–Crippen LogP) is 5.10. The van der Waals surface area contributed by atoms with E-state index in [1.807, 2.05) is 30.7 Å². The van der Waals surface area contributed by atoms with Crippen LogP contribution in [0.4, 0.5) is 0 Å². The van der Waals surface area contributed by atoms with Gasteiger partial charge in [-0.15, -0.1) is 0 Å². The van der Waals surface area contributed by atoms with Gasteiger partial charge in [-0.3, -0.25) is 9.97 Å². The molecule has 1 aliphatic carbocycles. The van der Waals surface area contributed by atoms with Crippen molar-refractivity contribution in [1.82, 2.24) is 15.0 Å². The maximum Gasteiger partial charge on any atom is 0.0881 e. The number of fused-ring (bicyclic) bond motifs is 2. The number of aromatic nitrogens is 3. The number of rotatable bonds is 0. The summed E-state index contributed by atoms with van der Waals surface area (Å²) in [5.41, 5.74) is 7.30. The highest BCUT2D eigenvalue weighted by atomic mass is 14.7. The first kappa shape index (κ1) is 17.6. The van der Waals surface area contributed by atoms with E-state index in [2.05, 4.69) is 47.0 Å². The molecule has 0 atom stereocenters. The molecule has 3 heteroatoms. The number of hydrogen-bond acceptors (Lipinski definition) is 2. The minimum absolute atomic E-state index is 0. The Morgan fingerprint density at radius 1 is 0.955 bits per heavy atom. The van der Waals surface area contributed by atoms with Crippen LogP contribution in [0.2, 0.25) is 0 Å². The summed E-state index contributed by atoms with van der Waals surface area (Å²) < 4.78 is 0. The largest absolute Gasteiger partial charge is 0.360 e. The number of hydrogen-bond donors (Lipinski definition) is 1. The van der Waals surface area contributed by atoms with Gasteiger partial charge in [0.1, 0.15) is 0 Å². The highest BCUT2D eigenvalue weighted by Crippen LogP contribution is 2.19. The van der Waals surface area contributed by atoms with Gasteiger partial charge < -0.3 is 4.98 Å². The molecule has 3 aromatic heterocycles. The highest BCUT2D eigenvalue weighted by molar-refractivity contribution is 5.77. The standard InChI is InChI=1S/C9H9N.C8H8N2.2CH4/c1-7-5-6-10-9-4-2-3-8(7)9;1-6-2-4-9-7-3-5-10-8(6)7;;/h2-3,5-6H,4H2,1H3;2-5,10H,1H3;2*1H4. The number of allylic oxidation sites excluding steroid dienone is 1.